The van der Waals surface area contributed by atoms with Crippen LogP contribution in [0, 0.1) is 17.8 Å². The van der Waals surface area contributed by atoms with E-state index in [2.05, 4.69) is 27.1 Å². The highest BCUT2D eigenvalue weighted by Crippen LogP contribution is 2.28. The third kappa shape index (κ3) is 5.43. The highest BCUT2D eigenvalue weighted by molar-refractivity contribution is 6.02. The van der Waals surface area contributed by atoms with Gasteiger partial charge in [-0.05, 0) is 48.7 Å². The van der Waals surface area contributed by atoms with Crippen LogP contribution in [0.15, 0.2) is 54.9 Å². The first-order valence-corrected chi connectivity index (χ1v) is 11.6. The van der Waals surface area contributed by atoms with E-state index in [0.717, 1.165) is 11.6 Å². The molecule has 4 heterocycles. The number of hydrogen-bond donors (Lipinski definition) is 2. The average molecular weight is 503 g/mol. The lowest BCUT2D eigenvalue weighted by molar-refractivity contribution is -0.140. The number of aliphatic hydroxyl groups is 1. The zero-order valence-electron chi connectivity index (χ0n) is 19.9. The summed E-state index contributed by atoms with van der Waals surface area (Å²) in [7, 11) is 1.65. The van der Waals surface area contributed by atoms with Gasteiger partial charge in [0.05, 0.1) is 19.4 Å². The monoisotopic (exact) mass is 502 g/mol. The van der Waals surface area contributed by atoms with E-state index in [-0.39, 0.29) is 24.8 Å². The minimum absolute atomic E-state index is 0.0697. The third-order valence-corrected chi connectivity index (χ3v) is 6.10. The molecule has 9 nitrogen and oxygen atoms in total. The second-order valence-electron chi connectivity index (χ2n) is 8.88. The standard InChI is InChI=1S/C27H23FN4O5/c1-32-23-12-17(8-10-27(35)15-36-16-27)2-3-18(23)4-6-21(26(32)34)31-25(33)22-13-19(9-11-29-22)37-20-5-7-24(28)30-14-20/h2-3,5,7,9,11-14,21,35H,4,6,15-16H2,1H3,(H,31,33)/t21-/m0/s1. The van der Waals surface area contributed by atoms with E-state index in [4.69, 9.17) is 9.47 Å². The molecule has 0 saturated carbocycles. The van der Waals surface area contributed by atoms with Gasteiger partial charge in [0, 0.05) is 30.6 Å². The Hall–Kier alpha value is -4.33. The number of amides is 2. The molecule has 188 valence electrons. The first-order chi connectivity index (χ1) is 17.8. The van der Waals surface area contributed by atoms with Gasteiger partial charge in [0.15, 0.2) is 5.60 Å². The summed E-state index contributed by atoms with van der Waals surface area (Å²) in [6.45, 7) is 0.357. The van der Waals surface area contributed by atoms with Gasteiger partial charge in [-0.1, -0.05) is 17.9 Å². The molecule has 1 atom stereocenters. The van der Waals surface area contributed by atoms with Gasteiger partial charge in [-0.2, -0.15) is 4.39 Å². The number of halogens is 1. The molecule has 2 aliphatic rings. The molecule has 3 aromatic rings. The zero-order chi connectivity index (χ0) is 26.0. The Morgan fingerprint density at radius 2 is 2.05 bits per heavy atom. The molecule has 2 amide bonds. The van der Waals surface area contributed by atoms with Gasteiger partial charge in [-0.3, -0.25) is 14.6 Å². The van der Waals surface area contributed by atoms with Gasteiger partial charge < -0.3 is 24.8 Å². The number of fused-ring (bicyclic) bond motifs is 1. The molecule has 2 aliphatic heterocycles. The van der Waals surface area contributed by atoms with Crippen molar-refractivity contribution in [3.8, 4) is 23.3 Å². The minimum Gasteiger partial charge on any atom is -0.456 e. The maximum atomic E-state index is 13.2. The molecule has 0 bridgehead atoms. The third-order valence-electron chi connectivity index (χ3n) is 6.10. The van der Waals surface area contributed by atoms with E-state index in [1.54, 1.807) is 19.2 Å². The molecule has 0 radical (unpaired) electrons. The number of hydrogen-bond acceptors (Lipinski definition) is 7. The van der Waals surface area contributed by atoms with Crippen LogP contribution >= 0.6 is 0 Å². The number of anilines is 1. The Bertz CT molecular complexity index is 1410. The van der Waals surface area contributed by atoms with Crippen LogP contribution in [0.3, 0.4) is 0 Å². The number of likely N-dealkylation sites (N-methyl/N-ethyl adjacent to an activating group) is 1. The number of aryl methyl sites for hydroxylation is 1. The quantitative estimate of drug-likeness (QED) is 0.416. The summed E-state index contributed by atoms with van der Waals surface area (Å²) >= 11 is 0. The summed E-state index contributed by atoms with van der Waals surface area (Å²) in [5, 5.41) is 12.9. The molecular weight excluding hydrogens is 479 g/mol. The number of carbonyl (C=O) groups excluding carboxylic acids is 2. The summed E-state index contributed by atoms with van der Waals surface area (Å²) in [5.74, 6) is 4.96. The summed E-state index contributed by atoms with van der Waals surface area (Å²) in [4.78, 5) is 35.3. The molecule has 0 unspecified atom stereocenters. The number of nitrogens with zero attached hydrogens (tertiary/aromatic N) is 3. The van der Waals surface area contributed by atoms with E-state index in [0.29, 0.717) is 35.6 Å². The molecule has 2 N–H and O–H groups in total. The van der Waals surface area contributed by atoms with Crippen molar-refractivity contribution in [1.29, 1.82) is 0 Å². The van der Waals surface area contributed by atoms with E-state index in [1.807, 2.05) is 12.1 Å². The van der Waals surface area contributed by atoms with Crippen LogP contribution in [0.5, 0.6) is 11.5 Å². The topological polar surface area (TPSA) is 114 Å². The fourth-order valence-corrected chi connectivity index (χ4v) is 4.02. The predicted octanol–water partition coefficient (Wildman–Crippen LogP) is 2.23. The smallest absolute Gasteiger partial charge is 0.270 e. The highest BCUT2D eigenvalue weighted by atomic mass is 19.1. The minimum atomic E-state index is -1.13. The Balaban J connectivity index is 1.28. The van der Waals surface area contributed by atoms with Gasteiger partial charge in [-0.15, -0.1) is 0 Å². The molecule has 10 heteroatoms. The Kier molecular flexibility index (Phi) is 6.56. The lowest BCUT2D eigenvalue weighted by Crippen LogP contribution is -2.48. The van der Waals surface area contributed by atoms with Crippen LogP contribution in [0.2, 0.25) is 0 Å². The number of ether oxygens (including phenoxy) is 2. The van der Waals surface area contributed by atoms with E-state index < -0.39 is 23.5 Å². The summed E-state index contributed by atoms with van der Waals surface area (Å²) in [5.41, 5.74) is 1.26. The van der Waals surface area contributed by atoms with Crippen molar-refractivity contribution in [2.75, 3.05) is 25.2 Å². The second kappa shape index (κ2) is 9.97. The van der Waals surface area contributed by atoms with E-state index in [9.17, 15) is 19.1 Å². The molecule has 1 aromatic carbocycles. The first-order valence-electron chi connectivity index (χ1n) is 11.6. The zero-order valence-corrected chi connectivity index (χ0v) is 19.9. The van der Waals surface area contributed by atoms with Crippen LogP contribution in [0.25, 0.3) is 0 Å². The van der Waals surface area contributed by atoms with Gasteiger partial charge in [0.1, 0.15) is 23.2 Å². The van der Waals surface area contributed by atoms with Gasteiger partial charge in [0.2, 0.25) is 11.9 Å². The number of pyridine rings is 2. The van der Waals surface area contributed by atoms with Crippen molar-refractivity contribution in [2.45, 2.75) is 24.5 Å². The summed E-state index contributed by atoms with van der Waals surface area (Å²) in [6, 6.07) is 10.4. The molecule has 2 aromatic heterocycles. The number of carbonyl (C=O) groups is 2. The largest absolute Gasteiger partial charge is 0.456 e. The maximum Gasteiger partial charge on any atom is 0.270 e. The molecule has 1 saturated heterocycles. The van der Waals surface area contributed by atoms with E-state index in [1.165, 1.54) is 29.4 Å². The van der Waals surface area contributed by atoms with Crippen molar-refractivity contribution in [2.24, 2.45) is 0 Å². The Morgan fingerprint density at radius 1 is 1.22 bits per heavy atom. The highest BCUT2D eigenvalue weighted by Gasteiger charge is 2.34. The van der Waals surface area contributed by atoms with Crippen molar-refractivity contribution in [3.05, 3.63) is 77.6 Å². The van der Waals surface area contributed by atoms with Crippen LogP contribution in [0.4, 0.5) is 10.1 Å². The molecular formula is C27H23FN4O5. The average Bonchev–Trinajstić information content (AvgIpc) is 3.00. The normalized spacial score (nSPS) is 18.0. The van der Waals surface area contributed by atoms with Crippen LogP contribution in [-0.4, -0.2) is 58.8 Å². The fraction of sp³-hybridized carbons (Fsp3) is 0.259. The molecule has 0 aliphatic carbocycles. The first kappa shape index (κ1) is 24.4. The molecule has 0 spiro atoms. The van der Waals surface area contributed by atoms with Gasteiger partial charge in [-0.25, -0.2) is 4.98 Å². The molecule has 1 fully saturated rings. The van der Waals surface area contributed by atoms with Gasteiger partial charge >= 0.3 is 0 Å². The van der Waals surface area contributed by atoms with Crippen LogP contribution < -0.4 is 15.0 Å². The van der Waals surface area contributed by atoms with Crippen molar-refractivity contribution in [1.82, 2.24) is 15.3 Å². The maximum absolute atomic E-state index is 13.2. The second-order valence-corrected chi connectivity index (χ2v) is 8.88. The van der Waals surface area contributed by atoms with Crippen LogP contribution in [0.1, 0.15) is 28.0 Å². The number of aromatic nitrogens is 2. The molecule has 37 heavy (non-hydrogen) atoms. The predicted molar refractivity (Wildman–Crippen MR) is 131 cm³/mol. The molecule has 5 rings (SSSR count). The lowest BCUT2D eigenvalue weighted by Gasteiger charge is -2.30. The number of rotatable bonds is 4. The summed E-state index contributed by atoms with van der Waals surface area (Å²) < 4.78 is 23.7. The SMILES string of the molecule is CN1C(=O)[C@@H](NC(=O)c2cc(Oc3ccc(F)nc3)ccn2)CCc2ccc(C#CC3(O)COC3)cc21. The van der Waals surface area contributed by atoms with Gasteiger partial charge in [0.25, 0.3) is 5.91 Å². The Labute approximate surface area is 212 Å². The Morgan fingerprint density at radius 3 is 2.78 bits per heavy atom. The fourth-order valence-electron chi connectivity index (χ4n) is 4.02. The number of benzene rings is 1. The van der Waals surface area contributed by atoms with Crippen molar-refractivity contribution < 1.29 is 28.6 Å². The lowest BCUT2D eigenvalue weighted by atomic mass is 10.0. The summed E-state index contributed by atoms with van der Waals surface area (Å²) in [6.07, 6.45) is 3.61. The van der Waals surface area contributed by atoms with Crippen molar-refractivity contribution in [3.63, 3.8) is 0 Å². The van der Waals surface area contributed by atoms with Crippen LogP contribution in [-0.2, 0) is 16.0 Å². The number of nitrogens with one attached hydrogen (secondary N) is 1. The van der Waals surface area contributed by atoms with Crippen molar-refractivity contribution >= 4 is 17.5 Å². The van der Waals surface area contributed by atoms with E-state index >= 15 is 0 Å².